The molecule has 5 heteroatoms. The van der Waals surface area contributed by atoms with Crippen LogP contribution in [0.2, 0.25) is 0 Å². The first kappa shape index (κ1) is 11.0. The Morgan fingerprint density at radius 2 is 2.12 bits per heavy atom. The van der Waals surface area contributed by atoms with Gasteiger partial charge in [0.1, 0.15) is 0 Å². The van der Waals surface area contributed by atoms with Gasteiger partial charge in [-0.05, 0) is 25.3 Å². The van der Waals surface area contributed by atoms with E-state index >= 15 is 0 Å². The van der Waals surface area contributed by atoms with Crippen LogP contribution < -0.4 is 11.1 Å². The first-order valence-electron chi connectivity index (χ1n) is 5.59. The fourth-order valence-corrected chi connectivity index (χ4v) is 2.04. The number of anilines is 1. The van der Waals surface area contributed by atoms with Gasteiger partial charge in [-0.1, -0.05) is 6.42 Å². The molecule has 0 aliphatic heterocycles. The van der Waals surface area contributed by atoms with Gasteiger partial charge in [-0.2, -0.15) is 0 Å². The molecule has 1 heterocycles. The second kappa shape index (κ2) is 5.03. The number of hydrogen-bond acceptors (Lipinski definition) is 4. The zero-order valence-corrected chi connectivity index (χ0v) is 9.10. The Hall–Kier alpha value is -1.49. The fourth-order valence-electron chi connectivity index (χ4n) is 2.04. The number of carbonyl (C=O) groups is 1. The smallest absolute Gasteiger partial charge is 0.229 e. The molecule has 0 spiro atoms. The van der Waals surface area contributed by atoms with Crippen molar-refractivity contribution < 1.29 is 4.79 Å². The van der Waals surface area contributed by atoms with Crippen LogP contribution in [-0.4, -0.2) is 21.9 Å². The summed E-state index contributed by atoms with van der Waals surface area (Å²) in [6.07, 6.45) is 6.93. The highest BCUT2D eigenvalue weighted by Gasteiger charge is 2.25. The van der Waals surface area contributed by atoms with Crippen molar-refractivity contribution in [1.29, 1.82) is 0 Å². The topological polar surface area (TPSA) is 80.9 Å². The molecule has 0 bridgehead atoms. The minimum atomic E-state index is -0.0126. The molecule has 0 radical (unpaired) electrons. The maximum Gasteiger partial charge on any atom is 0.229 e. The molecule has 0 saturated heterocycles. The number of nitrogens with one attached hydrogen (secondary N) is 1. The molecule has 2 rings (SSSR count). The number of rotatable bonds is 2. The van der Waals surface area contributed by atoms with Crippen LogP contribution in [0.1, 0.15) is 25.7 Å². The maximum atomic E-state index is 11.9. The summed E-state index contributed by atoms with van der Waals surface area (Å²) in [4.78, 5) is 19.8. The Balaban J connectivity index is 1.93. The van der Waals surface area contributed by atoms with Crippen LogP contribution in [0, 0.1) is 5.92 Å². The quantitative estimate of drug-likeness (QED) is 0.777. The van der Waals surface area contributed by atoms with Gasteiger partial charge in [0.15, 0.2) is 0 Å². The predicted molar refractivity (Wildman–Crippen MR) is 60.6 cm³/mol. The lowest BCUT2D eigenvalue weighted by atomic mass is 9.85. The summed E-state index contributed by atoms with van der Waals surface area (Å²) in [7, 11) is 0. The van der Waals surface area contributed by atoms with E-state index in [1.54, 1.807) is 18.5 Å². The van der Waals surface area contributed by atoms with Gasteiger partial charge in [0.05, 0.1) is 0 Å². The second-order valence-electron chi connectivity index (χ2n) is 4.19. The first-order valence-corrected chi connectivity index (χ1v) is 5.59. The van der Waals surface area contributed by atoms with Crippen LogP contribution >= 0.6 is 0 Å². The zero-order valence-electron chi connectivity index (χ0n) is 9.10. The van der Waals surface area contributed by atoms with Crippen molar-refractivity contribution in [3.63, 3.8) is 0 Å². The molecule has 1 amide bonds. The van der Waals surface area contributed by atoms with Crippen molar-refractivity contribution in [2.24, 2.45) is 11.7 Å². The molecule has 2 unspecified atom stereocenters. The fraction of sp³-hybridized carbons (Fsp3) is 0.545. The van der Waals surface area contributed by atoms with E-state index in [1.807, 2.05) is 0 Å². The van der Waals surface area contributed by atoms with Crippen LogP contribution in [0.25, 0.3) is 0 Å². The lowest BCUT2D eigenvalue weighted by Crippen LogP contribution is -2.34. The van der Waals surface area contributed by atoms with Gasteiger partial charge in [0.2, 0.25) is 11.9 Å². The van der Waals surface area contributed by atoms with E-state index in [9.17, 15) is 4.79 Å². The van der Waals surface area contributed by atoms with Gasteiger partial charge in [0, 0.05) is 24.4 Å². The van der Waals surface area contributed by atoms with E-state index in [2.05, 4.69) is 15.3 Å². The van der Waals surface area contributed by atoms with Gasteiger partial charge < -0.3 is 5.73 Å². The Morgan fingerprint density at radius 1 is 1.38 bits per heavy atom. The maximum absolute atomic E-state index is 11.9. The largest absolute Gasteiger partial charge is 0.328 e. The van der Waals surface area contributed by atoms with Crippen LogP contribution in [-0.2, 0) is 4.79 Å². The minimum absolute atomic E-state index is 0.00700. The average Bonchev–Trinajstić information content (AvgIpc) is 2.30. The molecule has 1 saturated carbocycles. The molecule has 0 aromatic carbocycles. The van der Waals surface area contributed by atoms with E-state index in [4.69, 9.17) is 5.73 Å². The molecular weight excluding hydrogens is 204 g/mol. The second-order valence-corrected chi connectivity index (χ2v) is 4.19. The van der Waals surface area contributed by atoms with Crippen LogP contribution in [0.4, 0.5) is 5.95 Å². The third kappa shape index (κ3) is 2.76. The van der Waals surface area contributed by atoms with Crippen LogP contribution in [0.3, 0.4) is 0 Å². The number of aromatic nitrogens is 2. The van der Waals surface area contributed by atoms with Gasteiger partial charge >= 0.3 is 0 Å². The third-order valence-corrected chi connectivity index (χ3v) is 2.89. The van der Waals surface area contributed by atoms with Crippen LogP contribution in [0.15, 0.2) is 18.5 Å². The van der Waals surface area contributed by atoms with Crippen molar-refractivity contribution in [3.8, 4) is 0 Å². The summed E-state index contributed by atoms with van der Waals surface area (Å²) in [5.41, 5.74) is 5.85. The molecule has 5 nitrogen and oxygen atoms in total. The van der Waals surface area contributed by atoms with Crippen molar-refractivity contribution in [2.45, 2.75) is 31.7 Å². The van der Waals surface area contributed by atoms with E-state index in [0.29, 0.717) is 5.95 Å². The molecule has 86 valence electrons. The Labute approximate surface area is 94.5 Å². The summed E-state index contributed by atoms with van der Waals surface area (Å²) in [5, 5.41) is 2.72. The number of nitrogens with zero attached hydrogens (tertiary/aromatic N) is 2. The highest BCUT2D eigenvalue weighted by molar-refractivity contribution is 5.90. The number of carbonyl (C=O) groups excluding carboxylic acids is 1. The molecular formula is C11H16N4O. The number of amides is 1. The molecule has 1 aromatic heterocycles. The summed E-state index contributed by atoms with van der Waals surface area (Å²) in [6, 6.07) is 1.87. The lowest BCUT2D eigenvalue weighted by Gasteiger charge is -2.25. The van der Waals surface area contributed by atoms with Gasteiger partial charge in [-0.3, -0.25) is 10.1 Å². The van der Waals surface area contributed by atoms with Gasteiger partial charge in [0.25, 0.3) is 0 Å². The van der Waals surface area contributed by atoms with E-state index in [0.717, 1.165) is 25.7 Å². The molecule has 2 atom stereocenters. The molecule has 1 fully saturated rings. The molecule has 1 aliphatic carbocycles. The summed E-state index contributed by atoms with van der Waals surface area (Å²) in [5.74, 6) is 0.362. The van der Waals surface area contributed by atoms with Gasteiger partial charge in [-0.15, -0.1) is 0 Å². The lowest BCUT2D eigenvalue weighted by molar-refractivity contribution is -0.120. The van der Waals surface area contributed by atoms with Crippen molar-refractivity contribution in [3.05, 3.63) is 18.5 Å². The molecule has 1 aliphatic rings. The summed E-state index contributed by atoms with van der Waals surface area (Å²) >= 11 is 0. The average molecular weight is 220 g/mol. The summed E-state index contributed by atoms with van der Waals surface area (Å²) in [6.45, 7) is 0. The SMILES string of the molecule is NC1CCCC(C(=O)Nc2ncccn2)C1. The Bertz CT molecular complexity index is 354. The van der Waals surface area contributed by atoms with E-state index < -0.39 is 0 Å². The standard InChI is InChI=1S/C11H16N4O/c12-9-4-1-3-8(7-9)10(16)15-11-13-5-2-6-14-11/h2,5-6,8-9H,1,3-4,7,12H2,(H,13,14,15,16). The third-order valence-electron chi connectivity index (χ3n) is 2.89. The minimum Gasteiger partial charge on any atom is -0.328 e. The van der Waals surface area contributed by atoms with Gasteiger partial charge in [-0.25, -0.2) is 9.97 Å². The van der Waals surface area contributed by atoms with E-state index in [1.165, 1.54) is 0 Å². The molecule has 1 aromatic rings. The summed E-state index contributed by atoms with van der Waals surface area (Å²) < 4.78 is 0. The molecule has 16 heavy (non-hydrogen) atoms. The molecule has 3 N–H and O–H groups in total. The monoisotopic (exact) mass is 220 g/mol. The Morgan fingerprint density at radius 3 is 2.81 bits per heavy atom. The highest BCUT2D eigenvalue weighted by Crippen LogP contribution is 2.23. The first-order chi connectivity index (χ1) is 7.75. The van der Waals surface area contributed by atoms with Crippen molar-refractivity contribution in [1.82, 2.24) is 9.97 Å². The number of nitrogens with two attached hydrogens (primary N) is 1. The zero-order chi connectivity index (χ0) is 11.4. The van der Waals surface area contributed by atoms with Crippen LogP contribution in [0.5, 0.6) is 0 Å². The predicted octanol–water partition coefficient (Wildman–Crippen LogP) is 0.933. The van der Waals surface area contributed by atoms with Crippen molar-refractivity contribution >= 4 is 11.9 Å². The number of hydrogen-bond donors (Lipinski definition) is 2. The normalized spacial score (nSPS) is 25.1. The Kier molecular flexibility index (Phi) is 3.46. The highest BCUT2D eigenvalue weighted by atomic mass is 16.2. The van der Waals surface area contributed by atoms with Crippen molar-refractivity contribution in [2.75, 3.05) is 5.32 Å². The van der Waals surface area contributed by atoms with E-state index in [-0.39, 0.29) is 17.9 Å².